The molecule has 0 spiro atoms. The molecule has 0 radical (unpaired) electrons. The van der Waals surface area contributed by atoms with Gasteiger partial charge in [-0.25, -0.2) is 13.4 Å². The molecule has 0 bridgehead atoms. The first-order chi connectivity index (χ1) is 15.0. The van der Waals surface area contributed by atoms with Gasteiger partial charge in [0.1, 0.15) is 11.2 Å². The number of sulfone groups is 1. The lowest BCUT2D eigenvalue weighted by molar-refractivity contribution is 0.311. The first-order valence-electron chi connectivity index (χ1n) is 9.75. The van der Waals surface area contributed by atoms with Crippen LogP contribution in [0.4, 0.5) is 5.69 Å². The van der Waals surface area contributed by atoms with E-state index in [-0.39, 0.29) is 22.6 Å². The summed E-state index contributed by atoms with van der Waals surface area (Å²) in [4.78, 5) is 7.80. The summed E-state index contributed by atoms with van der Waals surface area (Å²) in [5.74, 6) is 0.154. The van der Waals surface area contributed by atoms with E-state index < -0.39 is 9.84 Å². The first kappa shape index (κ1) is 19.7. The number of hydrogen-bond donors (Lipinski definition) is 2. The Balaban J connectivity index is 1.31. The van der Waals surface area contributed by atoms with Crippen molar-refractivity contribution in [3.63, 3.8) is 0 Å². The lowest BCUT2D eigenvalue weighted by Crippen LogP contribution is -2.39. The van der Waals surface area contributed by atoms with Crippen LogP contribution in [0.3, 0.4) is 0 Å². The van der Waals surface area contributed by atoms with Gasteiger partial charge in [-0.2, -0.15) is 5.26 Å². The zero-order valence-electron chi connectivity index (χ0n) is 16.3. The second-order valence-electron chi connectivity index (χ2n) is 7.63. The maximum absolute atomic E-state index is 12.8. The van der Waals surface area contributed by atoms with Crippen LogP contribution in [0.15, 0.2) is 53.1 Å². The minimum Gasteiger partial charge on any atom is -0.381 e. The second kappa shape index (κ2) is 7.76. The van der Waals surface area contributed by atoms with Crippen molar-refractivity contribution in [2.75, 3.05) is 11.1 Å². The number of anilines is 1. The quantitative estimate of drug-likeness (QED) is 0.460. The van der Waals surface area contributed by atoms with Gasteiger partial charge in [0, 0.05) is 23.8 Å². The van der Waals surface area contributed by atoms with Gasteiger partial charge in [-0.05, 0) is 43.0 Å². The zero-order chi connectivity index (χ0) is 21.4. The number of benzene rings is 1. The molecule has 1 aliphatic carbocycles. The van der Waals surface area contributed by atoms with E-state index in [1.165, 1.54) is 17.4 Å². The summed E-state index contributed by atoms with van der Waals surface area (Å²) in [7, 11) is -3.43. The van der Waals surface area contributed by atoms with E-state index in [1.54, 1.807) is 29.9 Å². The number of nitrogens with zero attached hydrogens (tertiary/aromatic N) is 4. The molecule has 1 aliphatic rings. The lowest BCUT2D eigenvalue weighted by Gasteiger charge is -2.36. The standard InChI is InChI=1S/C21H18N6O2S2/c22-9-13-2-1-3-16(8-13)31(28,29)11-14-6-15(7-14)26-19-17-4-5-23-20(17)24-10-18(19)21-27-25-12-30-21/h1-5,8,10,12,14-15H,6-7,11H2,(H2,23,24,26). The second-order valence-corrected chi connectivity index (χ2v) is 10.5. The molecule has 5 rings (SSSR count). The van der Waals surface area contributed by atoms with Crippen LogP contribution in [-0.4, -0.2) is 40.4 Å². The fraction of sp³-hybridized carbons (Fsp3) is 0.238. The molecule has 8 nitrogen and oxygen atoms in total. The van der Waals surface area contributed by atoms with E-state index in [4.69, 9.17) is 5.26 Å². The molecule has 156 valence electrons. The smallest absolute Gasteiger partial charge is 0.178 e. The zero-order valence-corrected chi connectivity index (χ0v) is 17.9. The van der Waals surface area contributed by atoms with Crippen molar-refractivity contribution < 1.29 is 8.42 Å². The maximum Gasteiger partial charge on any atom is 0.178 e. The molecule has 3 aromatic heterocycles. The predicted octanol–water partition coefficient (Wildman–Crippen LogP) is 3.62. The van der Waals surface area contributed by atoms with Gasteiger partial charge in [0.05, 0.1) is 33.5 Å². The summed E-state index contributed by atoms with van der Waals surface area (Å²) in [5, 5.41) is 22.5. The average molecular weight is 451 g/mol. The Bertz CT molecular complexity index is 1380. The Hall–Kier alpha value is -3.29. The Morgan fingerprint density at radius 1 is 1.29 bits per heavy atom. The predicted molar refractivity (Wildman–Crippen MR) is 118 cm³/mol. The van der Waals surface area contributed by atoms with Gasteiger partial charge in [-0.15, -0.1) is 10.2 Å². The van der Waals surface area contributed by atoms with Crippen LogP contribution in [0, 0.1) is 17.2 Å². The molecule has 10 heteroatoms. The van der Waals surface area contributed by atoms with Crippen LogP contribution in [0.5, 0.6) is 0 Å². The van der Waals surface area contributed by atoms with Crippen molar-refractivity contribution >= 4 is 37.9 Å². The van der Waals surface area contributed by atoms with Crippen LogP contribution in [0.25, 0.3) is 21.6 Å². The van der Waals surface area contributed by atoms with Crippen molar-refractivity contribution in [2.45, 2.75) is 23.8 Å². The molecule has 0 aliphatic heterocycles. The molecule has 1 saturated carbocycles. The molecule has 31 heavy (non-hydrogen) atoms. The van der Waals surface area contributed by atoms with Crippen LogP contribution < -0.4 is 5.32 Å². The third-order valence-corrected chi connectivity index (χ3v) is 8.15. The summed E-state index contributed by atoms with van der Waals surface area (Å²) in [6, 6.07) is 10.3. The molecular weight excluding hydrogens is 432 g/mol. The number of fused-ring (bicyclic) bond motifs is 1. The van der Waals surface area contributed by atoms with Crippen molar-refractivity contribution in [1.29, 1.82) is 5.26 Å². The molecule has 0 amide bonds. The molecule has 2 N–H and O–H groups in total. The fourth-order valence-corrected chi connectivity index (χ4v) is 6.22. The van der Waals surface area contributed by atoms with Gasteiger partial charge in [-0.1, -0.05) is 17.4 Å². The molecule has 1 fully saturated rings. The van der Waals surface area contributed by atoms with Crippen LogP contribution in [0.2, 0.25) is 0 Å². The number of nitriles is 1. The molecule has 1 aromatic carbocycles. The Kier molecular flexibility index (Phi) is 4.92. The van der Waals surface area contributed by atoms with Crippen LogP contribution in [0.1, 0.15) is 18.4 Å². The van der Waals surface area contributed by atoms with Gasteiger partial charge < -0.3 is 10.3 Å². The van der Waals surface area contributed by atoms with E-state index in [0.717, 1.165) is 40.1 Å². The van der Waals surface area contributed by atoms with Crippen molar-refractivity contribution in [3.05, 3.63) is 53.8 Å². The molecule has 3 heterocycles. The summed E-state index contributed by atoms with van der Waals surface area (Å²) in [5.41, 5.74) is 4.65. The summed E-state index contributed by atoms with van der Waals surface area (Å²) in [6.07, 6.45) is 5.13. The number of aromatic amines is 1. The summed E-state index contributed by atoms with van der Waals surface area (Å²) < 4.78 is 25.5. The maximum atomic E-state index is 12.8. The van der Waals surface area contributed by atoms with E-state index in [2.05, 4.69) is 25.5 Å². The van der Waals surface area contributed by atoms with E-state index in [9.17, 15) is 8.42 Å². The number of nitrogens with one attached hydrogen (secondary N) is 2. The number of rotatable bonds is 6. The van der Waals surface area contributed by atoms with Crippen molar-refractivity contribution in [1.82, 2.24) is 20.2 Å². The molecular formula is C21H18N6O2S2. The van der Waals surface area contributed by atoms with Crippen LogP contribution >= 0.6 is 11.3 Å². The minimum absolute atomic E-state index is 0.0711. The lowest BCUT2D eigenvalue weighted by atomic mass is 9.81. The summed E-state index contributed by atoms with van der Waals surface area (Å²) >= 11 is 1.45. The highest BCUT2D eigenvalue weighted by Crippen LogP contribution is 2.39. The Labute approximate surface area is 182 Å². The normalized spacial score (nSPS) is 18.4. The highest BCUT2D eigenvalue weighted by atomic mass is 32.2. The van der Waals surface area contributed by atoms with Crippen LogP contribution in [-0.2, 0) is 9.84 Å². The summed E-state index contributed by atoms with van der Waals surface area (Å²) in [6.45, 7) is 0. The third kappa shape index (κ3) is 3.78. The average Bonchev–Trinajstić information content (AvgIpc) is 3.44. The number of aromatic nitrogens is 4. The van der Waals surface area contributed by atoms with Gasteiger partial charge in [-0.3, -0.25) is 0 Å². The number of H-pyrrole nitrogens is 1. The molecule has 0 unspecified atom stereocenters. The Morgan fingerprint density at radius 3 is 2.94 bits per heavy atom. The van der Waals surface area contributed by atoms with E-state index in [1.807, 2.05) is 18.3 Å². The number of hydrogen-bond acceptors (Lipinski definition) is 8. The van der Waals surface area contributed by atoms with Gasteiger partial charge in [0.25, 0.3) is 0 Å². The van der Waals surface area contributed by atoms with E-state index in [0.29, 0.717) is 5.56 Å². The molecule has 0 saturated heterocycles. The third-order valence-electron chi connectivity index (χ3n) is 5.54. The number of pyridine rings is 1. The monoisotopic (exact) mass is 450 g/mol. The topological polar surface area (TPSA) is 124 Å². The Morgan fingerprint density at radius 2 is 2.16 bits per heavy atom. The van der Waals surface area contributed by atoms with E-state index >= 15 is 0 Å². The van der Waals surface area contributed by atoms with Gasteiger partial charge >= 0.3 is 0 Å². The molecule has 4 aromatic rings. The molecule has 0 atom stereocenters. The van der Waals surface area contributed by atoms with Gasteiger partial charge in [0.15, 0.2) is 14.8 Å². The minimum atomic E-state index is -3.43. The highest BCUT2D eigenvalue weighted by molar-refractivity contribution is 7.91. The van der Waals surface area contributed by atoms with Crippen molar-refractivity contribution in [2.24, 2.45) is 5.92 Å². The largest absolute Gasteiger partial charge is 0.381 e. The first-order valence-corrected chi connectivity index (χ1v) is 12.3. The SMILES string of the molecule is N#Cc1cccc(S(=O)(=O)CC2CC(Nc3c(-c4nncs4)cnc4[nH]ccc34)C2)c1. The fourth-order valence-electron chi connectivity index (χ4n) is 3.98. The van der Waals surface area contributed by atoms with Gasteiger partial charge in [0.2, 0.25) is 0 Å². The highest BCUT2D eigenvalue weighted by Gasteiger charge is 2.34. The van der Waals surface area contributed by atoms with Crippen molar-refractivity contribution in [3.8, 4) is 16.6 Å².